The quantitative estimate of drug-likeness (QED) is 0.841. The molecule has 2 aromatic rings. The lowest BCUT2D eigenvalue weighted by Gasteiger charge is -2.25. The van der Waals surface area contributed by atoms with Gasteiger partial charge in [0.15, 0.2) is 6.61 Å². The predicted octanol–water partition coefficient (Wildman–Crippen LogP) is 2.29. The van der Waals surface area contributed by atoms with Crippen LogP contribution in [0.25, 0.3) is 0 Å². The molecule has 0 aliphatic carbocycles. The molecule has 2 heterocycles. The van der Waals surface area contributed by atoms with Gasteiger partial charge >= 0.3 is 5.97 Å². The Labute approximate surface area is 140 Å². The summed E-state index contributed by atoms with van der Waals surface area (Å²) in [6.07, 6.45) is 1.98. The first-order valence-corrected chi connectivity index (χ1v) is 8.02. The number of carbonyl (C=O) groups is 1. The molecule has 1 aliphatic heterocycles. The minimum absolute atomic E-state index is 0.189. The molecule has 1 fully saturated rings. The summed E-state index contributed by atoms with van der Waals surface area (Å²) in [5, 5.41) is 7.38. The Kier molecular flexibility index (Phi) is 5.10. The van der Waals surface area contributed by atoms with Crippen LogP contribution in [0.4, 0.5) is 0 Å². The first kappa shape index (κ1) is 16.4. The number of benzene rings is 1. The second kappa shape index (κ2) is 7.44. The van der Waals surface area contributed by atoms with Crippen molar-refractivity contribution in [2.45, 2.75) is 38.3 Å². The highest BCUT2D eigenvalue weighted by Gasteiger charge is 2.25. The normalized spacial score (nSPS) is 20.6. The van der Waals surface area contributed by atoms with Gasteiger partial charge in [0, 0.05) is 12.0 Å². The number of nitrogens with one attached hydrogen (secondary N) is 1. The van der Waals surface area contributed by atoms with Crippen LogP contribution in [-0.4, -0.2) is 35.8 Å². The average Bonchev–Trinajstić information content (AvgIpc) is 3.08. The second-order valence-corrected chi connectivity index (χ2v) is 5.93. The molecule has 7 nitrogen and oxygen atoms in total. The smallest absolute Gasteiger partial charge is 0.337 e. The number of rotatable bonds is 5. The zero-order chi connectivity index (χ0) is 16.9. The lowest BCUT2D eigenvalue weighted by atomic mass is 9.93. The third kappa shape index (κ3) is 3.91. The van der Waals surface area contributed by atoms with Crippen molar-refractivity contribution in [3.63, 3.8) is 0 Å². The van der Waals surface area contributed by atoms with E-state index >= 15 is 0 Å². The molecule has 1 saturated heterocycles. The number of hydrogen-bond acceptors (Lipinski definition) is 7. The largest absolute Gasteiger partial charge is 0.485 e. The van der Waals surface area contributed by atoms with Gasteiger partial charge in [-0.1, -0.05) is 11.2 Å². The van der Waals surface area contributed by atoms with Crippen LogP contribution in [0.2, 0.25) is 0 Å². The Hall–Kier alpha value is -2.41. The fourth-order valence-electron chi connectivity index (χ4n) is 2.83. The Bertz CT molecular complexity index is 701. The number of esters is 1. The van der Waals surface area contributed by atoms with E-state index in [9.17, 15) is 4.79 Å². The molecule has 0 radical (unpaired) electrons. The number of carbonyl (C=O) groups excluding carboxylic acids is 1. The molecule has 0 spiro atoms. The Morgan fingerprint density at radius 2 is 2.33 bits per heavy atom. The second-order valence-electron chi connectivity index (χ2n) is 5.93. The van der Waals surface area contributed by atoms with Crippen molar-refractivity contribution in [3.8, 4) is 5.75 Å². The Morgan fingerprint density at radius 1 is 1.46 bits per heavy atom. The SMILES string of the molecule is COC(=O)c1cccc(OCc2noc([C@H]3CCN[C@@H](C)C3)n2)c1. The van der Waals surface area contributed by atoms with Crippen molar-refractivity contribution < 1.29 is 18.8 Å². The van der Waals surface area contributed by atoms with Crippen LogP contribution in [-0.2, 0) is 11.3 Å². The van der Waals surface area contributed by atoms with Gasteiger partial charge in [0.05, 0.1) is 12.7 Å². The summed E-state index contributed by atoms with van der Waals surface area (Å²) in [4.78, 5) is 16.0. The summed E-state index contributed by atoms with van der Waals surface area (Å²) in [5.41, 5.74) is 0.437. The number of piperidine rings is 1. The van der Waals surface area contributed by atoms with Gasteiger partial charge in [0.2, 0.25) is 11.7 Å². The number of ether oxygens (including phenoxy) is 2. The third-order valence-corrected chi connectivity index (χ3v) is 4.08. The van der Waals surface area contributed by atoms with E-state index in [-0.39, 0.29) is 6.61 Å². The number of nitrogens with zero attached hydrogens (tertiary/aromatic N) is 2. The minimum atomic E-state index is -0.401. The molecule has 0 saturated carbocycles. The lowest BCUT2D eigenvalue weighted by molar-refractivity contribution is 0.0600. The molecule has 0 bridgehead atoms. The van der Waals surface area contributed by atoms with E-state index in [0.29, 0.717) is 35.0 Å². The number of hydrogen-bond donors (Lipinski definition) is 1. The highest BCUT2D eigenvalue weighted by molar-refractivity contribution is 5.89. The summed E-state index contributed by atoms with van der Waals surface area (Å²) in [6, 6.07) is 7.25. The maximum atomic E-state index is 11.5. The van der Waals surface area contributed by atoms with Gasteiger partial charge in [-0.15, -0.1) is 0 Å². The van der Waals surface area contributed by atoms with E-state index in [2.05, 4.69) is 22.4 Å². The molecular formula is C17H21N3O4. The summed E-state index contributed by atoms with van der Waals surface area (Å²) >= 11 is 0. The summed E-state index contributed by atoms with van der Waals surface area (Å²) < 4.78 is 15.7. The van der Waals surface area contributed by atoms with Crippen LogP contribution in [0.3, 0.4) is 0 Å². The van der Waals surface area contributed by atoms with Gasteiger partial charge in [0.25, 0.3) is 0 Å². The minimum Gasteiger partial charge on any atom is -0.485 e. The zero-order valence-electron chi connectivity index (χ0n) is 13.8. The molecule has 0 amide bonds. The van der Waals surface area contributed by atoms with Crippen LogP contribution in [0.5, 0.6) is 5.75 Å². The molecule has 7 heteroatoms. The predicted molar refractivity (Wildman–Crippen MR) is 85.9 cm³/mol. The zero-order valence-corrected chi connectivity index (χ0v) is 13.8. The Morgan fingerprint density at radius 3 is 3.12 bits per heavy atom. The average molecular weight is 331 g/mol. The van der Waals surface area contributed by atoms with E-state index in [1.807, 2.05) is 0 Å². The van der Waals surface area contributed by atoms with Crippen molar-refractivity contribution in [2.75, 3.05) is 13.7 Å². The summed E-state index contributed by atoms with van der Waals surface area (Å²) in [5.74, 6) is 1.62. The number of aromatic nitrogens is 2. The van der Waals surface area contributed by atoms with Crippen LogP contribution in [0.15, 0.2) is 28.8 Å². The first-order valence-electron chi connectivity index (χ1n) is 8.02. The number of methoxy groups -OCH3 is 1. The van der Waals surface area contributed by atoms with Crippen LogP contribution < -0.4 is 10.1 Å². The van der Waals surface area contributed by atoms with E-state index in [1.165, 1.54) is 7.11 Å². The van der Waals surface area contributed by atoms with Gasteiger partial charge in [-0.05, 0) is 44.5 Å². The van der Waals surface area contributed by atoms with E-state index in [1.54, 1.807) is 24.3 Å². The summed E-state index contributed by atoms with van der Waals surface area (Å²) in [7, 11) is 1.35. The molecule has 24 heavy (non-hydrogen) atoms. The van der Waals surface area contributed by atoms with Crippen molar-refractivity contribution in [3.05, 3.63) is 41.5 Å². The first-order chi connectivity index (χ1) is 11.7. The van der Waals surface area contributed by atoms with Gasteiger partial charge in [-0.25, -0.2) is 4.79 Å². The van der Waals surface area contributed by atoms with Crippen molar-refractivity contribution in [1.29, 1.82) is 0 Å². The van der Waals surface area contributed by atoms with Crippen molar-refractivity contribution >= 4 is 5.97 Å². The van der Waals surface area contributed by atoms with Gasteiger partial charge in [0.1, 0.15) is 5.75 Å². The lowest BCUT2D eigenvalue weighted by Crippen LogP contribution is -2.34. The molecule has 1 aromatic carbocycles. The molecule has 0 unspecified atom stereocenters. The molecule has 1 N–H and O–H groups in total. The van der Waals surface area contributed by atoms with E-state index < -0.39 is 5.97 Å². The molecule has 1 aliphatic rings. The monoisotopic (exact) mass is 331 g/mol. The molecular weight excluding hydrogens is 310 g/mol. The molecule has 1 aromatic heterocycles. The fraction of sp³-hybridized carbons (Fsp3) is 0.471. The highest BCUT2D eigenvalue weighted by Crippen LogP contribution is 2.26. The van der Waals surface area contributed by atoms with Crippen LogP contribution >= 0.6 is 0 Å². The van der Waals surface area contributed by atoms with Gasteiger partial charge in [-0.2, -0.15) is 4.98 Å². The maximum Gasteiger partial charge on any atom is 0.337 e. The Balaban J connectivity index is 1.60. The standard InChI is InChI=1S/C17H21N3O4/c1-11-8-12(6-7-18-11)16-19-15(20-24-16)10-23-14-5-3-4-13(9-14)17(21)22-2/h3-5,9,11-12,18H,6-8,10H2,1-2H3/t11-,12-/m0/s1. The highest BCUT2D eigenvalue weighted by atomic mass is 16.5. The van der Waals surface area contributed by atoms with Gasteiger partial charge < -0.3 is 19.3 Å². The molecule has 3 rings (SSSR count). The summed E-state index contributed by atoms with van der Waals surface area (Å²) in [6.45, 7) is 3.30. The van der Waals surface area contributed by atoms with Crippen LogP contribution in [0.1, 0.15) is 47.8 Å². The fourth-order valence-corrected chi connectivity index (χ4v) is 2.83. The maximum absolute atomic E-state index is 11.5. The van der Waals surface area contributed by atoms with Crippen molar-refractivity contribution in [1.82, 2.24) is 15.5 Å². The van der Waals surface area contributed by atoms with Gasteiger partial charge in [-0.3, -0.25) is 0 Å². The van der Waals surface area contributed by atoms with Crippen molar-refractivity contribution in [2.24, 2.45) is 0 Å². The topological polar surface area (TPSA) is 86.5 Å². The van der Waals surface area contributed by atoms with E-state index in [4.69, 9.17) is 14.0 Å². The third-order valence-electron chi connectivity index (χ3n) is 4.08. The molecule has 128 valence electrons. The van der Waals surface area contributed by atoms with Crippen LogP contribution in [0, 0.1) is 0 Å². The molecule has 2 atom stereocenters. The van der Waals surface area contributed by atoms with E-state index in [0.717, 1.165) is 19.4 Å².